The van der Waals surface area contributed by atoms with Gasteiger partial charge in [0.05, 0.1) is 6.04 Å². The summed E-state index contributed by atoms with van der Waals surface area (Å²) in [5.41, 5.74) is 0.838. The second kappa shape index (κ2) is 9.90. The van der Waals surface area contributed by atoms with E-state index in [0.717, 1.165) is 0 Å². The number of rotatable bonds is 8. The van der Waals surface area contributed by atoms with Crippen LogP contribution in [0.5, 0.6) is 0 Å². The molecule has 2 amide bonds. The number of carboxylic acid groups (broad SMARTS) is 1. The number of aliphatic carboxylic acids is 1. The zero-order chi connectivity index (χ0) is 20.5. The molecule has 0 aromatic heterocycles. The van der Waals surface area contributed by atoms with E-state index < -0.39 is 36.0 Å². The predicted octanol–water partition coefficient (Wildman–Crippen LogP) is 1.11. The van der Waals surface area contributed by atoms with Crippen molar-refractivity contribution in [2.24, 2.45) is 0 Å². The zero-order valence-corrected chi connectivity index (χ0v) is 14.9. The molecule has 0 fully saturated rings. The number of carbonyl (C=O) groups is 3. The number of carboxylic acids is 1. The standard InChI is InChI=1S/C21H20N2O5/c1-2-9-16(21(27)28)22-20(26)18(24)17(14-10-5-3-6-11-14)23-19(25)15-12-7-4-8-13-15/h1,3-8,10-13,16-18,24H,9H2,(H,22,26)(H,23,25)(H,27,28)/t16-,17+,18-/m1/s1. The maximum Gasteiger partial charge on any atom is 0.327 e. The highest BCUT2D eigenvalue weighted by Crippen LogP contribution is 2.18. The molecule has 0 saturated heterocycles. The number of hydrogen-bond donors (Lipinski definition) is 4. The van der Waals surface area contributed by atoms with Crippen LogP contribution in [-0.4, -0.2) is 40.1 Å². The van der Waals surface area contributed by atoms with Crippen LogP contribution in [0.25, 0.3) is 0 Å². The van der Waals surface area contributed by atoms with Crippen LogP contribution < -0.4 is 10.6 Å². The van der Waals surface area contributed by atoms with Crippen LogP contribution in [0.4, 0.5) is 0 Å². The van der Waals surface area contributed by atoms with Crippen molar-refractivity contribution in [1.29, 1.82) is 0 Å². The summed E-state index contributed by atoms with van der Waals surface area (Å²) in [6.07, 6.45) is 3.15. The van der Waals surface area contributed by atoms with Gasteiger partial charge in [0.25, 0.3) is 11.8 Å². The van der Waals surface area contributed by atoms with E-state index in [4.69, 9.17) is 11.5 Å². The first-order valence-electron chi connectivity index (χ1n) is 8.49. The zero-order valence-electron chi connectivity index (χ0n) is 14.9. The molecule has 0 heterocycles. The number of nitrogens with one attached hydrogen (secondary N) is 2. The van der Waals surface area contributed by atoms with Crippen molar-refractivity contribution < 1.29 is 24.6 Å². The summed E-state index contributed by atoms with van der Waals surface area (Å²) >= 11 is 0. The predicted molar refractivity (Wildman–Crippen MR) is 102 cm³/mol. The Bertz CT molecular complexity index is 861. The summed E-state index contributed by atoms with van der Waals surface area (Å²) < 4.78 is 0. The highest BCUT2D eigenvalue weighted by atomic mass is 16.4. The van der Waals surface area contributed by atoms with Gasteiger partial charge in [-0.25, -0.2) is 4.79 Å². The van der Waals surface area contributed by atoms with E-state index in [2.05, 4.69) is 16.6 Å². The molecule has 2 rings (SSSR count). The van der Waals surface area contributed by atoms with Crippen LogP contribution in [0, 0.1) is 12.3 Å². The fraction of sp³-hybridized carbons (Fsp3) is 0.190. The van der Waals surface area contributed by atoms with E-state index in [1.807, 2.05) is 0 Å². The molecule has 0 bridgehead atoms. The molecule has 28 heavy (non-hydrogen) atoms. The van der Waals surface area contributed by atoms with E-state index in [1.54, 1.807) is 60.7 Å². The van der Waals surface area contributed by atoms with Crippen molar-refractivity contribution in [3.8, 4) is 12.3 Å². The van der Waals surface area contributed by atoms with Gasteiger partial charge in [0.15, 0.2) is 6.10 Å². The highest BCUT2D eigenvalue weighted by Gasteiger charge is 2.31. The van der Waals surface area contributed by atoms with Gasteiger partial charge in [-0.2, -0.15) is 0 Å². The van der Waals surface area contributed by atoms with Crippen LogP contribution in [0.3, 0.4) is 0 Å². The Morgan fingerprint density at radius 1 is 0.964 bits per heavy atom. The average Bonchev–Trinajstić information content (AvgIpc) is 2.72. The molecule has 4 N–H and O–H groups in total. The molecule has 2 aromatic carbocycles. The summed E-state index contributed by atoms with van der Waals surface area (Å²) in [7, 11) is 0. The normalized spacial score (nSPS) is 13.4. The molecular formula is C21H20N2O5. The van der Waals surface area contributed by atoms with Gasteiger partial charge in [-0.3, -0.25) is 9.59 Å². The quantitative estimate of drug-likeness (QED) is 0.512. The molecule has 0 unspecified atom stereocenters. The smallest absolute Gasteiger partial charge is 0.327 e. The van der Waals surface area contributed by atoms with Crippen LogP contribution in [0.15, 0.2) is 60.7 Å². The molecule has 7 nitrogen and oxygen atoms in total. The van der Waals surface area contributed by atoms with Gasteiger partial charge in [0, 0.05) is 12.0 Å². The largest absolute Gasteiger partial charge is 0.480 e. The molecule has 144 valence electrons. The van der Waals surface area contributed by atoms with E-state index >= 15 is 0 Å². The lowest BCUT2D eigenvalue weighted by Gasteiger charge is -2.25. The van der Waals surface area contributed by atoms with Crippen LogP contribution >= 0.6 is 0 Å². The minimum Gasteiger partial charge on any atom is -0.480 e. The minimum atomic E-state index is -1.73. The van der Waals surface area contributed by atoms with E-state index in [9.17, 15) is 19.5 Å². The summed E-state index contributed by atoms with van der Waals surface area (Å²) in [5, 5.41) is 24.5. The van der Waals surface area contributed by atoms with Crippen LogP contribution in [-0.2, 0) is 9.59 Å². The summed E-state index contributed by atoms with van der Waals surface area (Å²) in [6, 6.07) is 14.3. The average molecular weight is 380 g/mol. The summed E-state index contributed by atoms with van der Waals surface area (Å²) in [5.74, 6) is -0.596. The van der Waals surface area contributed by atoms with Gasteiger partial charge in [0.2, 0.25) is 0 Å². The third kappa shape index (κ3) is 5.43. The van der Waals surface area contributed by atoms with Crippen molar-refractivity contribution in [2.75, 3.05) is 0 Å². The van der Waals surface area contributed by atoms with Gasteiger partial charge in [-0.05, 0) is 17.7 Å². The molecular weight excluding hydrogens is 360 g/mol. The van der Waals surface area contributed by atoms with Crippen LogP contribution in [0.2, 0.25) is 0 Å². The molecule has 2 aromatic rings. The molecule has 0 radical (unpaired) electrons. The second-order valence-electron chi connectivity index (χ2n) is 5.98. The number of carbonyl (C=O) groups excluding carboxylic acids is 2. The first-order valence-corrected chi connectivity index (χ1v) is 8.49. The Morgan fingerprint density at radius 3 is 2.07 bits per heavy atom. The van der Waals surface area contributed by atoms with Gasteiger partial charge in [0.1, 0.15) is 6.04 Å². The number of terminal acetylenes is 1. The third-order valence-electron chi connectivity index (χ3n) is 4.00. The SMILES string of the molecule is C#CC[C@@H](NC(=O)[C@H](O)[C@@H](NC(=O)c1ccccc1)c1ccccc1)C(=O)O. The number of amides is 2. The molecule has 0 spiro atoms. The Labute approximate surface area is 162 Å². The van der Waals surface area contributed by atoms with Gasteiger partial charge in [-0.15, -0.1) is 12.3 Å². The fourth-order valence-corrected chi connectivity index (χ4v) is 2.55. The lowest BCUT2D eigenvalue weighted by molar-refractivity contribution is -0.143. The summed E-state index contributed by atoms with van der Waals surface area (Å²) in [4.78, 5) is 36.1. The lowest BCUT2D eigenvalue weighted by atomic mass is 9.99. The Kier molecular flexibility index (Phi) is 7.31. The molecule has 0 aliphatic carbocycles. The van der Waals surface area contributed by atoms with Crippen molar-refractivity contribution in [1.82, 2.24) is 10.6 Å². The fourth-order valence-electron chi connectivity index (χ4n) is 2.55. The second-order valence-corrected chi connectivity index (χ2v) is 5.98. The molecule has 3 atom stereocenters. The van der Waals surface area contributed by atoms with Gasteiger partial charge < -0.3 is 20.8 Å². The lowest BCUT2D eigenvalue weighted by Crippen LogP contribution is -2.50. The minimum absolute atomic E-state index is 0.236. The number of hydrogen-bond acceptors (Lipinski definition) is 4. The van der Waals surface area contributed by atoms with Crippen molar-refractivity contribution >= 4 is 17.8 Å². The monoisotopic (exact) mass is 380 g/mol. The molecule has 0 saturated carbocycles. The van der Waals surface area contributed by atoms with E-state index in [-0.39, 0.29) is 6.42 Å². The number of aliphatic hydroxyl groups excluding tert-OH is 1. The number of aliphatic hydroxyl groups is 1. The maximum atomic E-state index is 12.5. The van der Waals surface area contributed by atoms with Gasteiger partial charge >= 0.3 is 5.97 Å². The first kappa shape index (κ1) is 20.7. The van der Waals surface area contributed by atoms with Gasteiger partial charge in [-0.1, -0.05) is 48.5 Å². The maximum absolute atomic E-state index is 12.5. The molecule has 7 heteroatoms. The van der Waals surface area contributed by atoms with Crippen molar-refractivity contribution in [3.63, 3.8) is 0 Å². The topological polar surface area (TPSA) is 116 Å². The molecule has 0 aliphatic heterocycles. The summed E-state index contributed by atoms with van der Waals surface area (Å²) in [6.45, 7) is 0. The highest BCUT2D eigenvalue weighted by molar-refractivity contribution is 5.95. The Morgan fingerprint density at radius 2 is 1.54 bits per heavy atom. The van der Waals surface area contributed by atoms with E-state index in [0.29, 0.717) is 11.1 Å². The number of benzene rings is 2. The Hall–Kier alpha value is -3.63. The Balaban J connectivity index is 2.23. The third-order valence-corrected chi connectivity index (χ3v) is 4.00. The van der Waals surface area contributed by atoms with Crippen molar-refractivity contribution in [3.05, 3.63) is 71.8 Å². The van der Waals surface area contributed by atoms with Crippen molar-refractivity contribution in [2.45, 2.75) is 24.6 Å². The molecule has 0 aliphatic rings. The first-order chi connectivity index (χ1) is 13.4. The van der Waals surface area contributed by atoms with E-state index in [1.165, 1.54) is 0 Å². The van der Waals surface area contributed by atoms with Crippen LogP contribution in [0.1, 0.15) is 28.4 Å².